The van der Waals surface area contributed by atoms with Crippen LogP contribution in [0, 0.1) is 0 Å². The third kappa shape index (κ3) is 5.03. The minimum Gasteiger partial charge on any atom is -0.369 e. The summed E-state index contributed by atoms with van der Waals surface area (Å²) in [5.74, 6) is 0.632. The molecule has 7 nitrogen and oxygen atoms in total. The van der Waals surface area contributed by atoms with Crippen LogP contribution in [0.2, 0.25) is 0 Å². The van der Waals surface area contributed by atoms with E-state index in [2.05, 4.69) is 56.6 Å². The minimum absolute atomic E-state index is 0.0116. The van der Waals surface area contributed by atoms with Crippen molar-refractivity contribution in [2.75, 3.05) is 56.5 Å². The fourth-order valence-corrected chi connectivity index (χ4v) is 3.92. The molecule has 1 aromatic carbocycles. The van der Waals surface area contributed by atoms with Crippen LogP contribution in [0.15, 0.2) is 36.4 Å². The van der Waals surface area contributed by atoms with E-state index < -0.39 is 0 Å². The van der Waals surface area contributed by atoms with Gasteiger partial charge in [0.1, 0.15) is 0 Å². The number of nitrogens with one attached hydrogen (secondary N) is 1. The van der Waals surface area contributed by atoms with Crippen molar-refractivity contribution in [3.05, 3.63) is 42.1 Å². The molecule has 0 atom stereocenters. The van der Waals surface area contributed by atoms with Crippen molar-refractivity contribution in [1.29, 1.82) is 0 Å². The van der Waals surface area contributed by atoms with E-state index in [4.69, 9.17) is 0 Å². The van der Waals surface area contributed by atoms with Crippen LogP contribution >= 0.6 is 0 Å². The van der Waals surface area contributed by atoms with Gasteiger partial charge in [-0.2, -0.15) is 0 Å². The number of carbonyl (C=O) groups is 1. The van der Waals surface area contributed by atoms with Crippen LogP contribution in [-0.4, -0.2) is 72.2 Å². The highest BCUT2D eigenvalue weighted by Crippen LogP contribution is 2.21. The number of carbonyl (C=O) groups excluding carboxylic acids is 1. The standard InChI is InChI=1S/C22H30N6O/c1-26-14-16-27(17-15-26)19-8-6-18(7-9-19)23-21-11-10-20(24-25-21)22(29)28-12-4-2-3-5-13-28/h6-11H,2-5,12-17H2,1H3,(H,23,25). The largest absolute Gasteiger partial charge is 0.369 e. The molecule has 0 unspecified atom stereocenters. The average Bonchev–Trinajstić information content (AvgIpc) is 3.05. The van der Waals surface area contributed by atoms with E-state index in [0.717, 1.165) is 57.8 Å². The monoisotopic (exact) mass is 394 g/mol. The van der Waals surface area contributed by atoms with Gasteiger partial charge in [-0.3, -0.25) is 4.79 Å². The Balaban J connectivity index is 1.35. The average molecular weight is 395 g/mol. The van der Waals surface area contributed by atoms with E-state index in [1.165, 1.54) is 18.5 Å². The van der Waals surface area contributed by atoms with Gasteiger partial charge < -0.3 is 20.0 Å². The number of likely N-dealkylation sites (tertiary alicyclic amines) is 1. The summed E-state index contributed by atoms with van der Waals surface area (Å²) >= 11 is 0. The minimum atomic E-state index is -0.0116. The molecule has 29 heavy (non-hydrogen) atoms. The number of nitrogens with zero attached hydrogens (tertiary/aromatic N) is 5. The van der Waals surface area contributed by atoms with Crippen LogP contribution in [0.4, 0.5) is 17.2 Å². The molecule has 2 aliphatic rings. The molecule has 0 spiro atoms. The van der Waals surface area contributed by atoms with Gasteiger partial charge in [0.2, 0.25) is 0 Å². The molecule has 2 aromatic rings. The Labute approximate surface area is 172 Å². The van der Waals surface area contributed by atoms with E-state index in [-0.39, 0.29) is 5.91 Å². The van der Waals surface area contributed by atoms with Crippen LogP contribution in [0.1, 0.15) is 36.2 Å². The van der Waals surface area contributed by atoms with Gasteiger partial charge in [0.05, 0.1) is 0 Å². The lowest BCUT2D eigenvalue weighted by Crippen LogP contribution is -2.44. The van der Waals surface area contributed by atoms with Gasteiger partial charge in [-0.05, 0) is 56.3 Å². The molecule has 1 amide bonds. The van der Waals surface area contributed by atoms with Gasteiger partial charge in [0.25, 0.3) is 5.91 Å². The molecule has 1 N–H and O–H groups in total. The Hall–Kier alpha value is -2.67. The quantitative estimate of drug-likeness (QED) is 0.860. The Morgan fingerprint density at radius 1 is 0.828 bits per heavy atom. The smallest absolute Gasteiger partial charge is 0.274 e. The van der Waals surface area contributed by atoms with Crippen molar-refractivity contribution in [3.63, 3.8) is 0 Å². The summed E-state index contributed by atoms with van der Waals surface area (Å²) in [5, 5.41) is 11.6. The van der Waals surface area contributed by atoms with Gasteiger partial charge >= 0.3 is 0 Å². The zero-order valence-electron chi connectivity index (χ0n) is 17.2. The Kier molecular flexibility index (Phi) is 6.24. The first-order valence-corrected chi connectivity index (χ1v) is 10.6. The predicted molar refractivity (Wildman–Crippen MR) is 116 cm³/mol. The summed E-state index contributed by atoms with van der Waals surface area (Å²) in [6.45, 7) is 5.94. The molecule has 2 saturated heterocycles. The molecule has 4 rings (SSSR count). The fourth-order valence-electron chi connectivity index (χ4n) is 3.92. The molecule has 2 aliphatic heterocycles. The number of hydrogen-bond donors (Lipinski definition) is 1. The van der Waals surface area contributed by atoms with Crippen molar-refractivity contribution in [1.82, 2.24) is 20.0 Å². The molecule has 7 heteroatoms. The number of rotatable bonds is 4. The first-order chi connectivity index (χ1) is 14.2. The first kappa shape index (κ1) is 19.6. The third-order valence-corrected chi connectivity index (χ3v) is 5.79. The number of piperazine rings is 1. The normalized spacial score (nSPS) is 18.4. The van der Waals surface area contributed by atoms with Crippen LogP contribution in [0.25, 0.3) is 0 Å². The molecule has 0 bridgehead atoms. The maximum Gasteiger partial charge on any atom is 0.274 e. The SMILES string of the molecule is CN1CCN(c2ccc(Nc3ccc(C(=O)N4CCCCCC4)nn3)cc2)CC1. The zero-order chi connectivity index (χ0) is 20.1. The third-order valence-electron chi connectivity index (χ3n) is 5.79. The fraction of sp³-hybridized carbons (Fsp3) is 0.500. The van der Waals surface area contributed by atoms with Gasteiger partial charge in [0.15, 0.2) is 11.5 Å². The number of amides is 1. The zero-order valence-corrected chi connectivity index (χ0v) is 17.2. The summed E-state index contributed by atoms with van der Waals surface area (Å²) in [5.41, 5.74) is 2.62. The summed E-state index contributed by atoms with van der Waals surface area (Å²) in [4.78, 5) is 19.3. The molecule has 1 aromatic heterocycles. The summed E-state index contributed by atoms with van der Waals surface area (Å²) in [6.07, 6.45) is 4.55. The lowest BCUT2D eigenvalue weighted by atomic mass is 10.2. The molecule has 154 valence electrons. The molecule has 3 heterocycles. The molecule has 0 radical (unpaired) electrons. The number of anilines is 3. The molecule has 0 saturated carbocycles. The summed E-state index contributed by atoms with van der Waals surface area (Å²) in [6, 6.07) is 12.0. The molecular formula is C22H30N6O. The Bertz CT molecular complexity index is 791. The van der Waals surface area contributed by atoms with Crippen molar-refractivity contribution < 1.29 is 4.79 Å². The van der Waals surface area contributed by atoms with Crippen LogP contribution in [-0.2, 0) is 0 Å². The second kappa shape index (κ2) is 9.22. The van der Waals surface area contributed by atoms with E-state index in [1.54, 1.807) is 6.07 Å². The predicted octanol–water partition coefficient (Wildman–Crippen LogP) is 2.99. The maximum absolute atomic E-state index is 12.6. The highest BCUT2D eigenvalue weighted by molar-refractivity contribution is 5.92. The van der Waals surface area contributed by atoms with Crippen molar-refractivity contribution in [3.8, 4) is 0 Å². The van der Waals surface area contributed by atoms with Gasteiger partial charge in [-0.25, -0.2) is 0 Å². The lowest BCUT2D eigenvalue weighted by molar-refractivity contribution is 0.0754. The van der Waals surface area contributed by atoms with E-state index in [1.807, 2.05) is 11.0 Å². The summed E-state index contributed by atoms with van der Waals surface area (Å²) in [7, 11) is 2.16. The highest BCUT2D eigenvalue weighted by atomic mass is 16.2. The maximum atomic E-state index is 12.6. The van der Waals surface area contributed by atoms with Gasteiger partial charge in [0, 0.05) is 50.6 Å². The van der Waals surface area contributed by atoms with Gasteiger partial charge in [-0.15, -0.1) is 10.2 Å². The second-order valence-electron chi connectivity index (χ2n) is 7.97. The van der Waals surface area contributed by atoms with Crippen LogP contribution < -0.4 is 10.2 Å². The topological polar surface area (TPSA) is 64.6 Å². The summed E-state index contributed by atoms with van der Waals surface area (Å²) < 4.78 is 0. The highest BCUT2D eigenvalue weighted by Gasteiger charge is 2.19. The van der Waals surface area contributed by atoms with Crippen LogP contribution in [0.5, 0.6) is 0 Å². The molecular weight excluding hydrogens is 364 g/mol. The van der Waals surface area contributed by atoms with Crippen molar-refractivity contribution in [2.45, 2.75) is 25.7 Å². The number of hydrogen-bond acceptors (Lipinski definition) is 6. The van der Waals surface area contributed by atoms with Gasteiger partial charge in [-0.1, -0.05) is 12.8 Å². The number of benzene rings is 1. The molecule has 2 fully saturated rings. The number of likely N-dealkylation sites (N-methyl/N-ethyl adjacent to an activating group) is 1. The first-order valence-electron chi connectivity index (χ1n) is 10.6. The van der Waals surface area contributed by atoms with E-state index >= 15 is 0 Å². The van der Waals surface area contributed by atoms with Crippen molar-refractivity contribution in [2.24, 2.45) is 0 Å². The number of aromatic nitrogens is 2. The van der Waals surface area contributed by atoms with Crippen molar-refractivity contribution >= 4 is 23.1 Å². The second-order valence-corrected chi connectivity index (χ2v) is 7.97. The Morgan fingerprint density at radius 3 is 2.14 bits per heavy atom. The molecule has 0 aliphatic carbocycles. The lowest BCUT2D eigenvalue weighted by Gasteiger charge is -2.34. The van der Waals surface area contributed by atoms with E-state index in [9.17, 15) is 4.79 Å². The van der Waals surface area contributed by atoms with Crippen LogP contribution in [0.3, 0.4) is 0 Å². The van der Waals surface area contributed by atoms with E-state index in [0.29, 0.717) is 11.5 Å². The Morgan fingerprint density at radius 2 is 1.52 bits per heavy atom.